The lowest BCUT2D eigenvalue weighted by molar-refractivity contribution is -0.142. The zero-order chi connectivity index (χ0) is 23.0. The number of carbonyl (C=O) groups is 1. The number of carboxylic acids is 1. The molecular weight excluding hydrogens is 408 g/mol. The van der Waals surface area contributed by atoms with Gasteiger partial charge in [0.2, 0.25) is 0 Å². The van der Waals surface area contributed by atoms with Gasteiger partial charge in [-0.1, -0.05) is 30.3 Å². The molecule has 0 aliphatic rings. The molecular formula is C25H24N2O5. The normalized spacial score (nSPS) is 12.3. The highest BCUT2D eigenvalue weighted by molar-refractivity contribution is 5.85. The number of rotatable bonds is 10. The molecule has 0 amide bonds. The molecule has 1 atom stereocenters. The van der Waals surface area contributed by atoms with E-state index in [9.17, 15) is 15.0 Å². The molecule has 3 N–H and O–H groups in total. The number of hydrogen-bond acceptors (Lipinski definition) is 6. The maximum Gasteiger partial charge on any atom is 0.333 e. The van der Waals surface area contributed by atoms with Gasteiger partial charge >= 0.3 is 5.97 Å². The van der Waals surface area contributed by atoms with Crippen molar-refractivity contribution < 1.29 is 24.5 Å². The fraction of sp³-hybridized carbons (Fsp3) is 0.200. The number of aliphatic hydroxyl groups excluding tert-OH is 1. The minimum atomic E-state index is -1.54. The number of carboxylic acid groups (broad SMARTS) is 1. The van der Waals surface area contributed by atoms with Crippen LogP contribution in [0, 0.1) is 11.3 Å². The third-order valence-corrected chi connectivity index (χ3v) is 4.92. The van der Waals surface area contributed by atoms with Gasteiger partial charge in [-0.25, -0.2) is 4.79 Å². The summed E-state index contributed by atoms with van der Waals surface area (Å²) in [5.41, 5.74) is 0.824. The fourth-order valence-electron chi connectivity index (χ4n) is 3.17. The first kappa shape index (κ1) is 22.7. The lowest BCUT2D eigenvalue weighted by atomic mass is 9.90. The van der Waals surface area contributed by atoms with E-state index in [2.05, 4.69) is 5.32 Å². The molecule has 0 aliphatic heterocycles. The third kappa shape index (κ3) is 5.36. The topological polar surface area (TPSA) is 112 Å². The van der Waals surface area contributed by atoms with Gasteiger partial charge in [0.1, 0.15) is 24.7 Å². The number of aliphatic carboxylic acids is 1. The predicted octanol–water partition coefficient (Wildman–Crippen LogP) is 3.92. The van der Waals surface area contributed by atoms with E-state index in [1.54, 1.807) is 42.5 Å². The average Bonchev–Trinajstić information content (AvgIpc) is 2.82. The molecule has 1 unspecified atom stereocenters. The van der Waals surface area contributed by atoms with Crippen LogP contribution < -0.4 is 14.8 Å². The van der Waals surface area contributed by atoms with Gasteiger partial charge in [0.05, 0.1) is 18.2 Å². The van der Waals surface area contributed by atoms with Gasteiger partial charge < -0.3 is 25.0 Å². The zero-order valence-corrected chi connectivity index (χ0v) is 17.6. The molecule has 32 heavy (non-hydrogen) atoms. The van der Waals surface area contributed by atoms with E-state index in [1.807, 2.05) is 36.4 Å². The first-order valence-corrected chi connectivity index (χ1v) is 10.0. The highest BCUT2D eigenvalue weighted by atomic mass is 16.5. The molecule has 0 saturated carbocycles. The van der Waals surface area contributed by atoms with Crippen molar-refractivity contribution in [3.8, 4) is 17.6 Å². The molecule has 0 radical (unpaired) electrons. The maximum absolute atomic E-state index is 12.3. The Hall–Kier alpha value is -4.02. The highest BCUT2D eigenvalue weighted by Gasteiger charge is 2.38. The molecule has 0 heterocycles. The van der Waals surface area contributed by atoms with Crippen LogP contribution in [0.2, 0.25) is 0 Å². The van der Waals surface area contributed by atoms with E-state index in [1.165, 1.54) is 6.92 Å². The second kappa shape index (κ2) is 10.3. The van der Waals surface area contributed by atoms with Crippen molar-refractivity contribution in [2.45, 2.75) is 19.1 Å². The summed E-state index contributed by atoms with van der Waals surface area (Å²) in [6, 6.07) is 23.1. The Kier molecular flexibility index (Phi) is 7.32. The Labute approximate surface area is 186 Å². The maximum atomic E-state index is 12.3. The van der Waals surface area contributed by atoms with E-state index < -0.39 is 11.5 Å². The SMILES string of the molecule is CC(Nc1ccc(C#N)cc1)(C(=O)O)c1ccc(OCc2ccccc2)cc1OCCO. The second-order valence-electron chi connectivity index (χ2n) is 7.25. The Bertz CT molecular complexity index is 1090. The van der Waals surface area contributed by atoms with Crippen molar-refractivity contribution in [1.82, 2.24) is 0 Å². The summed E-state index contributed by atoms with van der Waals surface area (Å²) < 4.78 is 11.5. The number of ether oxygens (including phenoxy) is 2. The summed E-state index contributed by atoms with van der Waals surface area (Å²) in [5, 5.41) is 31.3. The van der Waals surface area contributed by atoms with Crippen LogP contribution in [0.15, 0.2) is 72.8 Å². The van der Waals surface area contributed by atoms with Gasteiger partial charge in [-0.3, -0.25) is 0 Å². The first-order chi connectivity index (χ1) is 15.5. The van der Waals surface area contributed by atoms with E-state index in [0.29, 0.717) is 29.2 Å². The molecule has 7 nitrogen and oxygen atoms in total. The Morgan fingerprint density at radius 1 is 1.06 bits per heavy atom. The molecule has 0 aromatic heterocycles. The van der Waals surface area contributed by atoms with Gasteiger partial charge in [0.15, 0.2) is 5.54 Å². The van der Waals surface area contributed by atoms with E-state index in [0.717, 1.165) is 5.56 Å². The van der Waals surface area contributed by atoms with Gasteiger partial charge in [-0.15, -0.1) is 0 Å². The third-order valence-electron chi connectivity index (χ3n) is 4.92. The summed E-state index contributed by atoms with van der Waals surface area (Å²) in [5.74, 6) is -0.319. The lowest BCUT2D eigenvalue weighted by Crippen LogP contribution is -2.41. The van der Waals surface area contributed by atoms with Crippen LogP contribution in [0.1, 0.15) is 23.6 Å². The van der Waals surface area contributed by atoms with Crippen LogP contribution in [0.3, 0.4) is 0 Å². The number of benzene rings is 3. The van der Waals surface area contributed by atoms with Crippen molar-refractivity contribution in [3.63, 3.8) is 0 Å². The molecule has 3 aromatic carbocycles. The smallest absolute Gasteiger partial charge is 0.333 e. The van der Waals surface area contributed by atoms with Gasteiger partial charge in [-0.2, -0.15) is 5.26 Å². The van der Waals surface area contributed by atoms with Crippen LogP contribution in [0.4, 0.5) is 5.69 Å². The summed E-state index contributed by atoms with van der Waals surface area (Å²) in [6.07, 6.45) is 0. The molecule has 3 aromatic rings. The first-order valence-electron chi connectivity index (χ1n) is 10.0. The Morgan fingerprint density at radius 3 is 2.41 bits per heavy atom. The van der Waals surface area contributed by atoms with Crippen molar-refractivity contribution in [2.24, 2.45) is 0 Å². The van der Waals surface area contributed by atoms with E-state index in [-0.39, 0.29) is 19.0 Å². The highest BCUT2D eigenvalue weighted by Crippen LogP contribution is 2.36. The number of nitrogens with zero attached hydrogens (tertiary/aromatic N) is 1. The molecule has 0 spiro atoms. The molecule has 7 heteroatoms. The van der Waals surface area contributed by atoms with Crippen LogP contribution in [0.5, 0.6) is 11.5 Å². The van der Waals surface area contributed by atoms with Gasteiger partial charge in [0.25, 0.3) is 0 Å². The van der Waals surface area contributed by atoms with E-state index in [4.69, 9.17) is 14.7 Å². The number of nitriles is 1. The van der Waals surface area contributed by atoms with Crippen molar-refractivity contribution in [2.75, 3.05) is 18.5 Å². The Morgan fingerprint density at radius 2 is 1.78 bits per heavy atom. The summed E-state index contributed by atoms with van der Waals surface area (Å²) in [4.78, 5) is 12.3. The minimum Gasteiger partial charge on any atom is -0.491 e. The summed E-state index contributed by atoms with van der Waals surface area (Å²) in [6.45, 7) is 1.65. The zero-order valence-electron chi connectivity index (χ0n) is 17.6. The van der Waals surface area contributed by atoms with E-state index >= 15 is 0 Å². The van der Waals surface area contributed by atoms with Crippen LogP contribution in [0.25, 0.3) is 0 Å². The van der Waals surface area contributed by atoms with Crippen LogP contribution in [-0.4, -0.2) is 29.4 Å². The van der Waals surface area contributed by atoms with Gasteiger partial charge in [-0.05, 0) is 48.9 Å². The van der Waals surface area contributed by atoms with Crippen LogP contribution in [-0.2, 0) is 16.9 Å². The van der Waals surface area contributed by atoms with Gasteiger partial charge in [0, 0.05) is 17.3 Å². The number of hydrogen-bond donors (Lipinski definition) is 3. The van der Waals surface area contributed by atoms with Crippen molar-refractivity contribution >= 4 is 11.7 Å². The molecule has 0 bridgehead atoms. The van der Waals surface area contributed by atoms with Crippen LogP contribution >= 0.6 is 0 Å². The number of aliphatic hydroxyl groups is 1. The number of nitrogens with one attached hydrogen (secondary N) is 1. The van der Waals surface area contributed by atoms with Crippen molar-refractivity contribution in [1.29, 1.82) is 5.26 Å². The Balaban J connectivity index is 1.91. The molecule has 0 aliphatic carbocycles. The summed E-state index contributed by atoms with van der Waals surface area (Å²) >= 11 is 0. The fourth-order valence-corrected chi connectivity index (χ4v) is 3.17. The minimum absolute atomic E-state index is 0.00169. The lowest BCUT2D eigenvalue weighted by Gasteiger charge is -2.30. The second-order valence-corrected chi connectivity index (χ2v) is 7.25. The molecule has 0 saturated heterocycles. The molecule has 164 valence electrons. The quantitative estimate of drug-likeness (QED) is 0.445. The average molecular weight is 432 g/mol. The standard InChI is InChI=1S/C25H24N2O5/c1-25(24(29)30,27-20-9-7-18(16-26)8-10-20)22-12-11-21(15-23(22)31-14-13-28)32-17-19-5-3-2-4-6-19/h2-12,15,27-28H,13-14,17H2,1H3,(H,29,30). The largest absolute Gasteiger partial charge is 0.491 e. The monoisotopic (exact) mass is 432 g/mol. The molecule has 3 rings (SSSR count). The summed E-state index contributed by atoms with van der Waals surface area (Å²) in [7, 11) is 0. The predicted molar refractivity (Wildman–Crippen MR) is 120 cm³/mol. The molecule has 0 fully saturated rings. The van der Waals surface area contributed by atoms with Crippen molar-refractivity contribution in [3.05, 3.63) is 89.5 Å². The number of anilines is 1.